The molecule has 12 aromatic rings. The summed E-state index contributed by atoms with van der Waals surface area (Å²) in [5.74, 6) is 0. The third-order valence-corrected chi connectivity index (χ3v) is 13.3. The molecule has 0 saturated heterocycles. The molecular weight excluding hydrogens is 803 g/mol. The molecule has 0 radical (unpaired) electrons. The molecule has 12 rings (SSSR count). The Morgan fingerprint density at radius 1 is 0.485 bits per heavy atom. The zero-order chi connectivity index (χ0) is 44.5. The zero-order valence-corrected chi connectivity index (χ0v) is 36.1. The van der Waals surface area contributed by atoms with Gasteiger partial charge >= 0.3 is 0 Å². The van der Waals surface area contributed by atoms with Crippen LogP contribution in [-0.2, 0) is 0 Å². The van der Waals surface area contributed by atoms with E-state index in [4.69, 9.17) is 0 Å². The summed E-state index contributed by atoms with van der Waals surface area (Å²) in [6.45, 7) is 6.55. The van der Waals surface area contributed by atoms with E-state index in [2.05, 4.69) is 215 Å². The second kappa shape index (κ2) is 15.3. The summed E-state index contributed by atoms with van der Waals surface area (Å²) < 4.78 is 6.79. The van der Waals surface area contributed by atoms with Crippen LogP contribution in [0.4, 0.5) is 0 Å². The van der Waals surface area contributed by atoms with Gasteiger partial charge in [-0.15, -0.1) is 0 Å². The molecule has 5 heteroatoms. The largest absolute Gasteiger partial charge is 0.311 e. The highest BCUT2D eigenvalue weighted by Crippen LogP contribution is 2.44. The number of benzene rings is 9. The molecule has 0 fully saturated rings. The molecule has 0 aliphatic rings. The van der Waals surface area contributed by atoms with Crippen molar-refractivity contribution in [1.29, 1.82) is 10.5 Å². The Hall–Kier alpha value is -9.16. The standard InChI is InChI=1S/C61H39N5/c1-3-46(65-54-24-14-12-22-48(54)49-23-13-15-25-55(49)65)36-50-39(2)64(58-32-26-42-20-10-11-21-47(42)60(50)58)59-33-29-45(37-62)53(38-63)61(59)66-56-30-27-43(40-16-6-4-7-17-40)34-51(56)52-35-44(28-31-57(52)66)41-18-8-5-9-19-41/h3-36H,1H2,2H3/b46-36+. The van der Waals surface area contributed by atoms with Gasteiger partial charge in [0.1, 0.15) is 12.1 Å². The molecular formula is C61H39N5. The maximum absolute atomic E-state index is 11.2. The van der Waals surface area contributed by atoms with E-state index < -0.39 is 0 Å². The summed E-state index contributed by atoms with van der Waals surface area (Å²) in [6, 6.07) is 72.6. The quantitative estimate of drug-likeness (QED) is 0.150. The van der Waals surface area contributed by atoms with E-state index in [1.807, 2.05) is 24.3 Å². The zero-order valence-electron chi connectivity index (χ0n) is 36.1. The molecule has 0 unspecified atom stereocenters. The Kier molecular flexibility index (Phi) is 8.91. The number of hydrogen-bond acceptors (Lipinski definition) is 2. The number of nitriles is 2. The van der Waals surface area contributed by atoms with Crippen molar-refractivity contribution in [1.82, 2.24) is 13.7 Å². The fourth-order valence-corrected chi connectivity index (χ4v) is 10.3. The number of para-hydroxylation sites is 2. The fourth-order valence-electron chi connectivity index (χ4n) is 10.3. The predicted molar refractivity (Wildman–Crippen MR) is 274 cm³/mol. The summed E-state index contributed by atoms with van der Waals surface area (Å²) in [4.78, 5) is 0. The number of aromatic nitrogens is 3. The molecule has 0 amide bonds. The Morgan fingerprint density at radius 3 is 1.61 bits per heavy atom. The van der Waals surface area contributed by atoms with E-state index >= 15 is 0 Å². The third-order valence-electron chi connectivity index (χ3n) is 13.3. The van der Waals surface area contributed by atoms with Crippen molar-refractivity contribution in [3.8, 4) is 45.8 Å². The summed E-state index contributed by atoms with van der Waals surface area (Å²) in [5.41, 5.74) is 14.5. The number of allylic oxidation sites excluding steroid dienone is 2. The molecule has 0 N–H and O–H groups in total. The van der Waals surface area contributed by atoms with Gasteiger partial charge in [0, 0.05) is 43.9 Å². The van der Waals surface area contributed by atoms with Crippen LogP contribution in [0.5, 0.6) is 0 Å². The molecule has 3 aromatic heterocycles. The van der Waals surface area contributed by atoms with Gasteiger partial charge in [-0.05, 0) is 107 Å². The average Bonchev–Trinajstić information content (AvgIpc) is 3.99. The van der Waals surface area contributed by atoms with Crippen molar-refractivity contribution < 1.29 is 0 Å². The van der Waals surface area contributed by atoms with Crippen molar-refractivity contribution in [3.63, 3.8) is 0 Å². The van der Waals surface area contributed by atoms with Gasteiger partial charge < -0.3 is 13.7 Å². The summed E-state index contributed by atoms with van der Waals surface area (Å²) >= 11 is 0. The van der Waals surface area contributed by atoms with Gasteiger partial charge in [-0.3, -0.25) is 0 Å². The first kappa shape index (κ1) is 38.5. The van der Waals surface area contributed by atoms with Gasteiger partial charge in [-0.2, -0.15) is 10.5 Å². The van der Waals surface area contributed by atoms with E-state index in [1.165, 1.54) is 10.8 Å². The normalized spacial score (nSPS) is 11.8. The van der Waals surface area contributed by atoms with Gasteiger partial charge in [0.15, 0.2) is 0 Å². The minimum absolute atomic E-state index is 0.310. The highest BCUT2D eigenvalue weighted by atomic mass is 15.1. The van der Waals surface area contributed by atoms with E-state index in [9.17, 15) is 10.5 Å². The second-order valence-corrected chi connectivity index (χ2v) is 16.8. The lowest BCUT2D eigenvalue weighted by atomic mass is 10.0. The number of fused-ring (bicyclic) bond motifs is 9. The molecule has 0 saturated carbocycles. The van der Waals surface area contributed by atoms with Crippen molar-refractivity contribution in [3.05, 3.63) is 229 Å². The van der Waals surface area contributed by atoms with Gasteiger partial charge in [0.25, 0.3) is 0 Å². The molecule has 66 heavy (non-hydrogen) atoms. The minimum atomic E-state index is 0.310. The monoisotopic (exact) mass is 841 g/mol. The first-order chi connectivity index (χ1) is 32.6. The van der Waals surface area contributed by atoms with E-state index in [-0.39, 0.29) is 0 Å². The van der Waals surface area contributed by atoms with Gasteiger partial charge in [-0.1, -0.05) is 146 Å². The van der Waals surface area contributed by atoms with Gasteiger partial charge in [0.2, 0.25) is 0 Å². The van der Waals surface area contributed by atoms with Crippen LogP contribution >= 0.6 is 0 Å². The van der Waals surface area contributed by atoms with Crippen LogP contribution in [0.3, 0.4) is 0 Å². The fraction of sp³-hybridized carbons (Fsp3) is 0.0164. The third kappa shape index (κ3) is 5.78. The maximum Gasteiger partial charge on any atom is 0.103 e. The smallest absolute Gasteiger partial charge is 0.103 e. The molecule has 0 atom stereocenters. The van der Waals surface area contributed by atoms with E-state index in [0.717, 1.165) is 99.4 Å². The van der Waals surface area contributed by atoms with Crippen molar-refractivity contribution in [2.45, 2.75) is 6.92 Å². The number of rotatable bonds is 7. The van der Waals surface area contributed by atoms with Crippen LogP contribution in [0.25, 0.3) is 111 Å². The highest BCUT2D eigenvalue weighted by molar-refractivity contribution is 6.16. The molecule has 3 heterocycles. The van der Waals surface area contributed by atoms with E-state index in [0.29, 0.717) is 16.8 Å². The van der Waals surface area contributed by atoms with Crippen LogP contribution in [0.15, 0.2) is 207 Å². The lowest BCUT2D eigenvalue weighted by Gasteiger charge is -2.19. The van der Waals surface area contributed by atoms with Gasteiger partial charge in [0.05, 0.1) is 50.1 Å². The van der Waals surface area contributed by atoms with Crippen molar-refractivity contribution >= 4 is 77.1 Å². The Labute approximate surface area is 381 Å². The predicted octanol–water partition coefficient (Wildman–Crippen LogP) is 15.6. The molecule has 0 spiro atoms. The molecule has 0 bridgehead atoms. The van der Waals surface area contributed by atoms with E-state index in [1.54, 1.807) is 6.07 Å². The molecule has 308 valence electrons. The highest BCUT2D eigenvalue weighted by Gasteiger charge is 2.26. The Morgan fingerprint density at radius 2 is 1.03 bits per heavy atom. The summed E-state index contributed by atoms with van der Waals surface area (Å²) in [5, 5.41) is 29.7. The number of hydrogen-bond donors (Lipinski definition) is 0. The average molecular weight is 842 g/mol. The van der Waals surface area contributed by atoms with Crippen LogP contribution in [-0.4, -0.2) is 13.7 Å². The SMILES string of the molecule is C=C/C(=C\c1c(C)n(-c2ccc(C#N)c(C#N)c2-n2c3ccc(-c4ccccc4)cc3c3cc(-c4ccccc4)ccc32)c2ccc3ccccc3c12)n1c2ccccc2c2ccccc21. The van der Waals surface area contributed by atoms with Crippen LogP contribution in [0, 0.1) is 29.6 Å². The Balaban J connectivity index is 1.19. The first-order valence-corrected chi connectivity index (χ1v) is 22.1. The second-order valence-electron chi connectivity index (χ2n) is 16.8. The summed E-state index contributed by atoms with van der Waals surface area (Å²) in [7, 11) is 0. The van der Waals surface area contributed by atoms with Crippen molar-refractivity contribution in [2.24, 2.45) is 0 Å². The van der Waals surface area contributed by atoms with Crippen molar-refractivity contribution in [2.75, 3.05) is 0 Å². The van der Waals surface area contributed by atoms with Crippen LogP contribution in [0.2, 0.25) is 0 Å². The van der Waals surface area contributed by atoms with Gasteiger partial charge in [-0.25, -0.2) is 0 Å². The first-order valence-electron chi connectivity index (χ1n) is 22.1. The maximum atomic E-state index is 11.2. The molecule has 0 aliphatic carbocycles. The molecule has 9 aromatic carbocycles. The lowest BCUT2D eigenvalue weighted by molar-refractivity contribution is 1.01. The number of nitrogens with zero attached hydrogens (tertiary/aromatic N) is 5. The van der Waals surface area contributed by atoms with Crippen LogP contribution in [0.1, 0.15) is 22.4 Å². The molecule has 0 aliphatic heterocycles. The minimum Gasteiger partial charge on any atom is -0.311 e. The topological polar surface area (TPSA) is 62.4 Å². The molecule has 5 nitrogen and oxygen atoms in total. The summed E-state index contributed by atoms with van der Waals surface area (Å²) in [6.07, 6.45) is 4.21. The van der Waals surface area contributed by atoms with Crippen LogP contribution < -0.4 is 0 Å². The lowest BCUT2D eigenvalue weighted by Crippen LogP contribution is -2.08. The Bertz CT molecular complexity index is 3940.